The molecule has 2 aliphatic rings. The minimum atomic E-state index is 0.229. The molecule has 2 heterocycles. The molecule has 3 heteroatoms. The third-order valence-electron chi connectivity index (χ3n) is 5.48. The van der Waals surface area contributed by atoms with Crippen molar-refractivity contribution in [2.75, 3.05) is 19.6 Å². The van der Waals surface area contributed by atoms with E-state index in [1.807, 2.05) is 0 Å². The first-order valence-corrected chi connectivity index (χ1v) is 8.76. The Kier molecular flexibility index (Phi) is 4.82. The van der Waals surface area contributed by atoms with Crippen molar-refractivity contribution in [3.63, 3.8) is 0 Å². The van der Waals surface area contributed by atoms with Crippen molar-refractivity contribution in [2.45, 2.75) is 52.0 Å². The Morgan fingerprint density at radius 3 is 2.68 bits per heavy atom. The van der Waals surface area contributed by atoms with E-state index < -0.39 is 0 Å². The van der Waals surface area contributed by atoms with E-state index in [2.05, 4.69) is 42.3 Å². The summed E-state index contributed by atoms with van der Waals surface area (Å²) in [6, 6.07) is 6.82. The van der Waals surface area contributed by atoms with Crippen LogP contribution >= 0.6 is 0 Å². The van der Waals surface area contributed by atoms with Crippen molar-refractivity contribution in [2.24, 2.45) is 5.92 Å². The van der Waals surface area contributed by atoms with Crippen LogP contribution in [0.1, 0.15) is 54.8 Å². The molecule has 22 heavy (non-hydrogen) atoms. The van der Waals surface area contributed by atoms with E-state index in [9.17, 15) is 4.79 Å². The number of nitrogens with one attached hydrogen (secondary N) is 1. The minimum absolute atomic E-state index is 0.229. The van der Waals surface area contributed by atoms with Crippen LogP contribution in [-0.4, -0.2) is 30.4 Å². The standard InChI is InChI=1S/C19H28N2O/c1-14-6-5-7-17(15(14)2)18-8-3-4-13-21(18)19(22)16-9-11-20-12-10-16/h5-7,16,18,20H,3-4,8-13H2,1-2H3. The molecule has 1 aromatic carbocycles. The molecule has 1 N–H and O–H groups in total. The molecule has 0 saturated carbocycles. The van der Waals surface area contributed by atoms with Gasteiger partial charge in [0.15, 0.2) is 0 Å². The highest BCUT2D eigenvalue weighted by Crippen LogP contribution is 2.35. The molecule has 2 fully saturated rings. The number of piperidine rings is 2. The first-order chi connectivity index (χ1) is 10.7. The van der Waals surface area contributed by atoms with Crippen LogP contribution in [0.2, 0.25) is 0 Å². The van der Waals surface area contributed by atoms with E-state index in [0.29, 0.717) is 5.91 Å². The molecule has 3 nitrogen and oxygen atoms in total. The molecule has 1 unspecified atom stereocenters. The SMILES string of the molecule is Cc1cccc(C2CCCCN2C(=O)C2CCNCC2)c1C. The number of nitrogens with zero attached hydrogens (tertiary/aromatic N) is 1. The van der Waals surface area contributed by atoms with E-state index in [-0.39, 0.29) is 12.0 Å². The van der Waals surface area contributed by atoms with Gasteiger partial charge in [-0.25, -0.2) is 0 Å². The smallest absolute Gasteiger partial charge is 0.226 e. The Balaban J connectivity index is 1.84. The predicted octanol–water partition coefficient (Wildman–Crippen LogP) is 3.36. The maximum absolute atomic E-state index is 13.0. The molecule has 2 saturated heterocycles. The summed E-state index contributed by atoms with van der Waals surface area (Å²) in [4.78, 5) is 15.2. The summed E-state index contributed by atoms with van der Waals surface area (Å²) in [7, 11) is 0. The second-order valence-corrected chi connectivity index (χ2v) is 6.86. The number of likely N-dealkylation sites (tertiary alicyclic amines) is 1. The fraction of sp³-hybridized carbons (Fsp3) is 0.632. The van der Waals surface area contributed by atoms with Gasteiger partial charge >= 0.3 is 0 Å². The first-order valence-electron chi connectivity index (χ1n) is 8.76. The van der Waals surface area contributed by atoms with E-state index in [1.165, 1.54) is 23.1 Å². The first kappa shape index (κ1) is 15.5. The molecule has 1 atom stereocenters. The third kappa shape index (κ3) is 3.05. The highest BCUT2D eigenvalue weighted by Gasteiger charge is 2.33. The number of aryl methyl sites for hydroxylation is 1. The highest BCUT2D eigenvalue weighted by molar-refractivity contribution is 5.79. The van der Waals surface area contributed by atoms with Crippen molar-refractivity contribution in [1.82, 2.24) is 10.2 Å². The lowest BCUT2D eigenvalue weighted by Gasteiger charge is -2.39. The number of carbonyl (C=O) groups is 1. The molecule has 120 valence electrons. The van der Waals surface area contributed by atoms with Gasteiger partial charge in [-0.15, -0.1) is 0 Å². The molecule has 0 spiro atoms. The maximum Gasteiger partial charge on any atom is 0.226 e. The predicted molar refractivity (Wildman–Crippen MR) is 89.8 cm³/mol. The Morgan fingerprint density at radius 1 is 1.14 bits per heavy atom. The van der Waals surface area contributed by atoms with Gasteiger partial charge in [0, 0.05) is 12.5 Å². The zero-order chi connectivity index (χ0) is 15.5. The molecule has 3 rings (SSSR count). The minimum Gasteiger partial charge on any atom is -0.335 e. The monoisotopic (exact) mass is 300 g/mol. The summed E-state index contributed by atoms with van der Waals surface area (Å²) in [6.07, 6.45) is 5.48. The average Bonchev–Trinajstić information content (AvgIpc) is 2.57. The number of carbonyl (C=O) groups excluding carboxylic acids is 1. The summed E-state index contributed by atoms with van der Waals surface area (Å²) < 4.78 is 0. The fourth-order valence-corrected chi connectivity index (χ4v) is 3.96. The van der Waals surface area contributed by atoms with Crippen LogP contribution in [0.3, 0.4) is 0 Å². The number of benzene rings is 1. The van der Waals surface area contributed by atoms with Gasteiger partial charge in [-0.05, 0) is 75.7 Å². The summed E-state index contributed by atoms with van der Waals surface area (Å²) in [5, 5.41) is 3.36. The molecule has 0 aromatic heterocycles. The normalized spacial score (nSPS) is 23.5. The van der Waals surface area contributed by atoms with Crippen LogP contribution in [0.5, 0.6) is 0 Å². The molecule has 1 aromatic rings. The van der Waals surface area contributed by atoms with Crippen molar-refractivity contribution in [1.29, 1.82) is 0 Å². The maximum atomic E-state index is 13.0. The number of hydrogen-bond donors (Lipinski definition) is 1. The second kappa shape index (κ2) is 6.82. The Labute approximate surface area is 134 Å². The van der Waals surface area contributed by atoms with E-state index >= 15 is 0 Å². The molecule has 0 aliphatic carbocycles. The van der Waals surface area contributed by atoms with Crippen molar-refractivity contribution in [3.8, 4) is 0 Å². The quantitative estimate of drug-likeness (QED) is 0.908. The lowest BCUT2D eigenvalue weighted by atomic mass is 9.88. The lowest BCUT2D eigenvalue weighted by Crippen LogP contribution is -2.45. The average molecular weight is 300 g/mol. The van der Waals surface area contributed by atoms with Gasteiger partial charge in [0.1, 0.15) is 0 Å². The third-order valence-corrected chi connectivity index (χ3v) is 5.48. The van der Waals surface area contributed by atoms with Crippen LogP contribution in [0.25, 0.3) is 0 Å². The summed E-state index contributed by atoms with van der Waals surface area (Å²) in [6.45, 7) is 7.27. The Morgan fingerprint density at radius 2 is 1.91 bits per heavy atom. The molecule has 0 bridgehead atoms. The zero-order valence-corrected chi connectivity index (χ0v) is 13.9. The van der Waals surface area contributed by atoms with Crippen molar-refractivity contribution in [3.05, 3.63) is 34.9 Å². The van der Waals surface area contributed by atoms with Gasteiger partial charge in [-0.3, -0.25) is 4.79 Å². The lowest BCUT2D eigenvalue weighted by molar-refractivity contribution is -0.140. The van der Waals surface area contributed by atoms with Crippen molar-refractivity contribution < 1.29 is 4.79 Å². The largest absolute Gasteiger partial charge is 0.335 e. The summed E-state index contributed by atoms with van der Waals surface area (Å²) >= 11 is 0. The molecular weight excluding hydrogens is 272 g/mol. The van der Waals surface area contributed by atoms with E-state index in [4.69, 9.17) is 0 Å². The second-order valence-electron chi connectivity index (χ2n) is 6.86. The van der Waals surface area contributed by atoms with Gasteiger partial charge in [-0.1, -0.05) is 18.2 Å². The van der Waals surface area contributed by atoms with E-state index in [1.54, 1.807) is 0 Å². The van der Waals surface area contributed by atoms with Gasteiger partial charge in [0.05, 0.1) is 6.04 Å². The summed E-state index contributed by atoms with van der Waals surface area (Å²) in [5.74, 6) is 0.624. The number of rotatable bonds is 2. The zero-order valence-electron chi connectivity index (χ0n) is 13.9. The van der Waals surface area contributed by atoms with Crippen molar-refractivity contribution >= 4 is 5.91 Å². The van der Waals surface area contributed by atoms with Crippen LogP contribution in [0, 0.1) is 19.8 Å². The van der Waals surface area contributed by atoms with Gasteiger partial charge in [0.25, 0.3) is 0 Å². The van der Waals surface area contributed by atoms with Crippen LogP contribution in [-0.2, 0) is 4.79 Å². The van der Waals surface area contributed by atoms with Gasteiger partial charge in [0.2, 0.25) is 5.91 Å². The van der Waals surface area contributed by atoms with Crippen LogP contribution < -0.4 is 5.32 Å². The summed E-state index contributed by atoms with van der Waals surface area (Å²) in [5.41, 5.74) is 4.05. The van der Waals surface area contributed by atoms with Gasteiger partial charge < -0.3 is 10.2 Å². The van der Waals surface area contributed by atoms with Crippen LogP contribution in [0.15, 0.2) is 18.2 Å². The number of amides is 1. The Hall–Kier alpha value is -1.35. The van der Waals surface area contributed by atoms with Crippen LogP contribution in [0.4, 0.5) is 0 Å². The van der Waals surface area contributed by atoms with E-state index in [0.717, 1.165) is 45.3 Å². The highest BCUT2D eigenvalue weighted by atomic mass is 16.2. The topological polar surface area (TPSA) is 32.3 Å². The Bertz CT molecular complexity index is 534. The van der Waals surface area contributed by atoms with Gasteiger partial charge in [-0.2, -0.15) is 0 Å². The molecule has 0 radical (unpaired) electrons. The fourth-order valence-electron chi connectivity index (χ4n) is 3.96. The number of hydrogen-bond acceptors (Lipinski definition) is 2. The molecule has 2 aliphatic heterocycles. The molecule has 1 amide bonds. The molecular formula is C19H28N2O.